The average molecular weight is 371 g/mol. The van der Waals surface area contributed by atoms with Crippen LogP contribution in [0.3, 0.4) is 0 Å². The highest BCUT2D eigenvalue weighted by Gasteiger charge is 2.39. The standard InChI is InChI=1S/C17H17N5O3S/c1-3-5-11-19-14(18-2)12-16(20-11)22(17-13(24)9(23)8-25-17)15(21-12)10-6-4-7-26-10/h4,6-7,9,13,17,23-24H,8H2,1-2H3,(H,18,19,20)/t9-,13-,17-/m1/s1. The van der Waals surface area contributed by atoms with E-state index in [1.165, 1.54) is 11.3 Å². The van der Waals surface area contributed by atoms with Gasteiger partial charge in [-0.05, 0) is 24.3 Å². The minimum Gasteiger partial charge on any atom is -0.388 e. The van der Waals surface area contributed by atoms with Gasteiger partial charge in [0.05, 0.1) is 11.5 Å². The van der Waals surface area contributed by atoms with Crippen LogP contribution in [0.1, 0.15) is 19.0 Å². The highest BCUT2D eigenvalue weighted by atomic mass is 32.1. The van der Waals surface area contributed by atoms with E-state index < -0.39 is 18.4 Å². The molecule has 0 bridgehead atoms. The summed E-state index contributed by atoms with van der Waals surface area (Å²) in [6.07, 6.45) is -2.84. The maximum Gasteiger partial charge on any atom is 0.208 e. The predicted molar refractivity (Wildman–Crippen MR) is 97.7 cm³/mol. The van der Waals surface area contributed by atoms with Crippen molar-refractivity contribution >= 4 is 28.3 Å². The largest absolute Gasteiger partial charge is 0.388 e. The van der Waals surface area contributed by atoms with Crippen LogP contribution in [0, 0.1) is 11.8 Å². The molecule has 8 nitrogen and oxygen atoms in total. The van der Waals surface area contributed by atoms with Crippen molar-refractivity contribution < 1.29 is 14.9 Å². The van der Waals surface area contributed by atoms with Gasteiger partial charge >= 0.3 is 0 Å². The lowest BCUT2D eigenvalue weighted by atomic mass is 10.2. The summed E-state index contributed by atoms with van der Waals surface area (Å²) in [6, 6.07) is 3.85. The normalized spacial score (nSPS) is 22.4. The molecule has 3 atom stereocenters. The second-order valence-electron chi connectivity index (χ2n) is 5.76. The Labute approximate surface area is 153 Å². The quantitative estimate of drug-likeness (QED) is 0.595. The van der Waals surface area contributed by atoms with E-state index in [1.54, 1.807) is 18.5 Å². The van der Waals surface area contributed by atoms with Crippen LogP contribution in [0.15, 0.2) is 17.5 Å². The lowest BCUT2D eigenvalue weighted by molar-refractivity contribution is -0.0152. The van der Waals surface area contributed by atoms with Gasteiger partial charge in [0.1, 0.15) is 12.2 Å². The highest BCUT2D eigenvalue weighted by molar-refractivity contribution is 7.13. The Balaban J connectivity index is 2.03. The molecule has 0 unspecified atom stereocenters. The number of anilines is 1. The zero-order chi connectivity index (χ0) is 18.3. The monoisotopic (exact) mass is 371 g/mol. The second kappa shape index (κ2) is 6.66. The molecule has 26 heavy (non-hydrogen) atoms. The first-order valence-corrected chi connectivity index (χ1v) is 8.94. The topological polar surface area (TPSA) is 105 Å². The van der Waals surface area contributed by atoms with Crippen molar-refractivity contribution in [3.8, 4) is 22.5 Å². The fourth-order valence-electron chi connectivity index (χ4n) is 2.95. The summed E-state index contributed by atoms with van der Waals surface area (Å²) in [4.78, 5) is 14.5. The van der Waals surface area contributed by atoms with Crippen LogP contribution in [0.5, 0.6) is 0 Å². The molecule has 0 aromatic carbocycles. The van der Waals surface area contributed by atoms with Gasteiger partial charge in [-0.1, -0.05) is 12.0 Å². The van der Waals surface area contributed by atoms with E-state index in [9.17, 15) is 10.2 Å². The number of hydrogen-bond donors (Lipinski definition) is 3. The molecule has 4 rings (SSSR count). The number of thiophene rings is 1. The van der Waals surface area contributed by atoms with Crippen molar-refractivity contribution in [2.24, 2.45) is 0 Å². The maximum atomic E-state index is 10.4. The van der Waals surface area contributed by atoms with E-state index in [0.29, 0.717) is 28.6 Å². The van der Waals surface area contributed by atoms with E-state index in [-0.39, 0.29) is 6.61 Å². The summed E-state index contributed by atoms with van der Waals surface area (Å²) >= 11 is 1.51. The number of imidazole rings is 1. The van der Waals surface area contributed by atoms with Crippen molar-refractivity contribution in [2.45, 2.75) is 25.4 Å². The third-order valence-electron chi connectivity index (χ3n) is 4.13. The number of aliphatic hydroxyl groups is 2. The summed E-state index contributed by atoms with van der Waals surface area (Å²) < 4.78 is 7.37. The lowest BCUT2D eigenvalue weighted by Gasteiger charge is -2.19. The molecule has 1 aliphatic heterocycles. The molecular weight excluding hydrogens is 354 g/mol. The van der Waals surface area contributed by atoms with Crippen LogP contribution in [-0.2, 0) is 4.74 Å². The van der Waals surface area contributed by atoms with E-state index in [0.717, 1.165) is 4.88 Å². The number of ether oxygens (including phenoxy) is 1. The fraction of sp³-hybridized carbons (Fsp3) is 0.353. The Hall–Kier alpha value is -2.51. The molecular formula is C17H17N5O3S. The van der Waals surface area contributed by atoms with Gasteiger partial charge in [0.2, 0.25) is 5.82 Å². The highest BCUT2D eigenvalue weighted by Crippen LogP contribution is 2.36. The summed E-state index contributed by atoms with van der Waals surface area (Å²) in [5.41, 5.74) is 1.04. The van der Waals surface area contributed by atoms with Crippen molar-refractivity contribution in [2.75, 3.05) is 19.0 Å². The van der Waals surface area contributed by atoms with Gasteiger partial charge in [-0.15, -0.1) is 11.3 Å². The number of nitrogens with one attached hydrogen (secondary N) is 1. The molecule has 3 aromatic heterocycles. The van der Waals surface area contributed by atoms with Crippen molar-refractivity contribution in [1.82, 2.24) is 19.5 Å². The van der Waals surface area contributed by atoms with Crippen molar-refractivity contribution in [1.29, 1.82) is 0 Å². The number of nitrogens with zero attached hydrogens (tertiary/aromatic N) is 4. The third kappa shape index (κ3) is 2.64. The maximum absolute atomic E-state index is 10.4. The lowest BCUT2D eigenvalue weighted by Crippen LogP contribution is -2.28. The zero-order valence-corrected chi connectivity index (χ0v) is 15.0. The molecule has 1 saturated heterocycles. The number of aliphatic hydroxyl groups excluding tert-OH is 2. The van der Waals surface area contributed by atoms with Gasteiger partial charge < -0.3 is 20.3 Å². The van der Waals surface area contributed by atoms with Gasteiger partial charge in [-0.25, -0.2) is 15.0 Å². The zero-order valence-electron chi connectivity index (χ0n) is 14.2. The first-order chi connectivity index (χ1) is 12.6. The Kier molecular flexibility index (Phi) is 4.34. The molecule has 0 amide bonds. The number of fused-ring (bicyclic) bond motifs is 1. The molecule has 0 aliphatic carbocycles. The first-order valence-electron chi connectivity index (χ1n) is 8.06. The van der Waals surface area contributed by atoms with Gasteiger partial charge in [-0.2, -0.15) is 0 Å². The van der Waals surface area contributed by atoms with Crippen LogP contribution in [-0.4, -0.2) is 55.6 Å². The smallest absolute Gasteiger partial charge is 0.208 e. The molecule has 0 radical (unpaired) electrons. The molecule has 1 aliphatic rings. The molecule has 1 fully saturated rings. The molecule has 0 spiro atoms. The fourth-order valence-corrected chi connectivity index (χ4v) is 3.66. The molecule has 9 heteroatoms. The molecule has 3 N–H and O–H groups in total. The van der Waals surface area contributed by atoms with Gasteiger partial charge in [0, 0.05) is 7.05 Å². The predicted octanol–water partition coefficient (Wildman–Crippen LogP) is 1.22. The molecule has 134 valence electrons. The first kappa shape index (κ1) is 16.9. The Morgan fingerprint density at radius 3 is 2.81 bits per heavy atom. The summed E-state index contributed by atoms with van der Waals surface area (Å²) in [5.74, 6) is 7.12. The Bertz CT molecular complexity index is 1000. The minimum absolute atomic E-state index is 0.0426. The van der Waals surface area contributed by atoms with Gasteiger partial charge in [0.15, 0.2) is 29.0 Å². The summed E-state index contributed by atoms with van der Waals surface area (Å²) in [7, 11) is 1.75. The number of aromatic nitrogens is 4. The van der Waals surface area contributed by atoms with Crippen LogP contribution in [0.2, 0.25) is 0 Å². The summed E-state index contributed by atoms with van der Waals surface area (Å²) in [6.45, 7) is 1.75. The van der Waals surface area contributed by atoms with Crippen molar-refractivity contribution in [3.63, 3.8) is 0 Å². The molecule has 4 heterocycles. The average Bonchev–Trinajstić information content (AvgIpc) is 3.35. The molecule has 3 aromatic rings. The second-order valence-corrected chi connectivity index (χ2v) is 6.71. The van der Waals surface area contributed by atoms with E-state index in [2.05, 4.69) is 27.1 Å². The van der Waals surface area contributed by atoms with Gasteiger partial charge in [0.25, 0.3) is 0 Å². The third-order valence-corrected chi connectivity index (χ3v) is 5.00. The van der Waals surface area contributed by atoms with Crippen LogP contribution >= 0.6 is 11.3 Å². The SMILES string of the molecule is CC#Cc1nc(NC)c2nc(-c3cccs3)n([C@@H]3OC[C@@H](O)[C@H]3O)c2n1. The number of rotatable bonds is 3. The van der Waals surface area contributed by atoms with Crippen LogP contribution < -0.4 is 5.32 Å². The molecule has 0 saturated carbocycles. The van der Waals surface area contributed by atoms with Crippen LogP contribution in [0.4, 0.5) is 5.82 Å². The van der Waals surface area contributed by atoms with E-state index >= 15 is 0 Å². The summed E-state index contributed by atoms with van der Waals surface area (Å²) in [5, 5.41) is 25.3. The Morgan fingerprint density at radius 1 is 1.35 bits per heavy atom. The van der Waals surface area contributed by atoms with Crippen LogP contribution in [0.25, 0.3) is 21.9 Å². The van der Waals surface area contributed by atoms with E-state index in [4.69, 9.17) is 9.72 Å². The Morgan fingerprint density at radius 2 is 2.19 bits per heavy atom. The minimum atomic E-state index is -1.08. The van der Waals surface area contributed by atoms with Crippen molar-refractivity contribution in [3.05, 3.63) is 23.3 Å². The van der Waals surface area contributed by atoms with E-state index in [1.807, 2.05) is 17.5 Å². The number of hydrogen-bond acceptors (Lipinski definition) is 8. The van der Waals surface area contributed by atoms with Gasteiger partial charge in [-0.3, -0.25) is 4.57 Å².